The van der Waals surface area contributed by atoms with E-state index in [2.05, 4.69) is 4.74 Å². The molecule has 2 atom stereocenters. The first kappa shape index (κ1) is 9.63. The van der Waals surface area contributed by atoms with Gasteiger partial charge in [-0.3, -0.25) is 0 Å². The summed E-state index contributed by atoms with van der Waals surface area (Å²) in [6, 6.07) is 0. The molecule has 0 radical (unpaired) electrons. The molecular weight excluding hydrogens is 158 g/mol. The van der Waals surface area contributed by atoms with Crippen molar-refractivity contribution in [3.05, 3.63) is 0 Å². The second-order valence-electron chi connectivity index (χ2n) is 1.88. The van der Waals surface area contributed by atoms with Gasteiger partial charge in [0.2, 0.25) is 0 Å². The molecule has 5 heteroatoms. The lowest BCUT2D eigenvalue weighted by molar-refractivity contribution is -0.145. The lowest BCUT2D eigenvalue weighted by atomic mass is 10.7. The standard InChI is InChI=1S/C5H10FO3P/c1-4(10(2)8)9-5(7)3-6/h4,10H,3H2,1-2H3. The first-order valence-electron chi connectivity index (χ1n) is 2.83. The van der Waals surface area contributed by atoms with Crippen molar-refractivity contribution in [2.75, 3.05) is 13.3 Å². The summed E-state index contributed by atoms with van der Waals surface area (Å²) < 4.78 is 26.4. The number of hydrogen-bond acceptors (Lipinski definition) is 3. The van der Waals surface area contributed by atoms with Gasteiger partial charge in [0.25, 0.3) is 0 Å². The van der Waals surface area contributed by atoms with Crippen LogP contribution in [0.5, 0.6) is 0 Å². The van der Waals surface area contributed by atoms with Crippen LogP contribution in [-0.4, -0.2) is 25.2 Å². The molecular formula is C5H10FO3P. The largest absolute Gasteiger partial charge is 0.453 e. The normalized spacial score (nSPS) is 15.9. The number of hydrogen-bond donors (Lipinski definition) is 0. The number of halogens is 1. The molecule has 0 aliphatic carbocycles. The molecule has 0 rings (SSSR count). The van der Waals surface area contributed by atoms with E-state index in [0.29, 0.717) is 0 Å². The molecule has 10 heavy (non-hydrogen) atoms. The summed E-state index contributed by atoms with van der Waals surface area (Å²) in [7, 11) is -1.88. The van der Waals surface area contributed by atoms with E-state index in [0.717, 1.165) is 0 Å². The number of ether oxygens (including phenoxy) is 1. The van der Waals surface area contributed by atoms with E-state index in [1.807, 2.05) is 0 Å². The summed E-state index contributed by atoms with van der Waals surface area (Å²) in [6.45, 7) is 1.79. The van der Waals surface area contributed by atoms with Gasteiger partial charge in [-0.15, -0.1) is 0 Å². The van der Waals surface area contributed by atoms with E-state index in [1.165, 1.54) is 13.6 Å². The zero-order chi connectivity index (χ0) is 8.15. The van der Waals surface area contributed by atoms with Crippen molar-refractivity contribution in [2.45, 2.75) is 12.8 Å². The van der Waals surface area contributed by atoms with Crippen LogP contribution in [0.2, 0.25) is 0 Å². The zero-order valence-corrected chi connectivity index (χ0v) is 6.89. The average Bonchev–Trinajstić information content (AvgIpc) is 1.87. The van der Waals surface area contributed by atoms with E-state index in [9.17, 15) is 13.8 Å². The Morgan fingerprint density at radius 1 is 1.80 bits per heavy atom. The monoisotopic (exact) mass is 168 g/mol. The third kappa shape index (κ3) is 3.62. The van der Waals surface area contributed by atoms with Gasteiger partial charge in [-0.1, -0.05) is 0 Å². The number of alkyl halides is 1. The van der Waals surface area contributed by atoms with Crippen molar-refractivity contribution in [3.8, 4) is 0 Å². The van der Waals surface area contributed by atoms with Crippen LogP contribution in [0.3, 0.4) is 0 Å². The summed E-state index contributed by atoms with van der Waals surface area (Å²) in [5.41, 5.74) is 0. The lowest BCUT2D eigenvalue weighted by Crippen LogP contribution is -2.12. The van der Waals surface area contributed by atoms with Crippen LogP contribution < -0.4 is 0 Å². The Kier molecular flexibility index (Phi) is 4.28. The highest BCUT2D eigenvalue weighted by Gasteiger charge is 2.10. The van der Waals surface area contributed by atoms with Crippen LogP contribution in [0.1, 0.15) is 6.92 Å². The molecule has 0 heterocycles. The highest BCUT2D eigenvalue weighted by molar-refractivity contribution is 7.44. The highest BCUT2D eigenvalue weighted by atomic mass is 31.1. The van der Waals surface area contributed by atoms with Gasteiger partial charge in [0.1, 0.15) is 13.6 Å². The summed E-state index contributed by atoms with van der Waals surface area (Å²) in [4.78, 5) is 10.2. The topological polar surface area (TPSA) is 43.4 Å². The van der Waals surface area contributed by atoms with Crippen LogP contribution in [0.25, 0.3) is 0 Å². The van der Waals surface area contributed by atoms with E-state index >= 15 is 0 Å². The Hall–Kier alpha value is -0.370. The number of carbonyl (C=O) groups excluding carboxylic acids is 1. The van der Waals surface area contributed by atoms with Crippen molar-refractivity contribution in [3.63, 3.8) is 0 Å². The molecule has 0 saturated heterocycles. The van der Waals surface area contributed by atoms with Gasteiger partial charge in [0.05, 0.1) is 0 Å². The fourth-order valence-corrected chi connectivity index (χ4v) is 0.609. The third-order valence-electron chi connectivity index (χ3n) is 0.990. The molecule has 0 fully saturated rings. The van der Waals surface area contributed by atoms with Crippen LogP contribution >= 0.6 is 7.80 Å². The molecule has 0 aliphatic heterocycles. The van der Waals surface area contributed by atoms with Crippen LogP contribution in [0.4, 0.5) is 4.39 Å². The summed E-state index contributed by atoms with van der Waals surface area (Å²) >= 11 is 0. The SMILES string of the molecule is CC(OC(=O)CF)[PH](C)=O. The maximum absolute atomic E-state index is 11.4. The minimum absolute atomic E-state index is 0.645. The molecule has 0 aromatic rings. The number of esters is 1. The first-order chi connectivity index (χ1) is 4.57. The molecule has 60 valence electrons. The Labute approximate surface area is 59.3 Å². The molecule has 0 N–H and O–H groups in total. The van der Waals surface area contributed by atoms with Crippen molar-refractivity contribution < 1.29 is 18.5 Å². The zero-order valence-electron chi connectivity index (χ0n) is 5.89. The van der Waals surface area contributed by atoms with Gasteiger partial charge >= 0.3 is 5.97 Å². The van der Waals surface area contributed by atoms with Crippen molar-refractivity contribution in [2.24, 2.45) is 0 Å². The summed E-state index contributed by atoms with van der Waals surface area (Å²) in [5, 5.41) is 0. The predicted molar refractivity (Wildman–Crippen MR) is 36.5 cm³/mol. The van der Waals surface area contributed by atoms with Crippen LogP contribution in [-0.2, 0) is 14.1 Å². The summed E-state index contributed by atoms with van der Waals surface area (Å²) in [6.07, 6.45) is 0. The van der Waals surface area contributed by atoms with E-state index < -0.39 is 26.3 Å². The fourth-order valence-electron chi connectivity index (χ4n) is 0.312. The Morgan fingerprint density at radius 2 is 2.30 bits per heavy atom. The van der Waals surface area contributed by atoms with E-state index in [1.54, 1.807) is 0 Å². The van der Waals surface area contributed by atoms with Crippen LogP contribution in [0.15, 0.2) is 0 Å². The summed E-state index contributed by atoms with van der Waals surface area (Å²) in [5.74, 6) is -1.60. The molecule has 0 saturated carbocycles. The molecule has 0 bridgehead atoms. The molecule has 0 spiro atoms. The predicted octanol–water partition coefficient (Wildman–Crippen LogP) is 1.03. The maximum atomic E-state index is 11.4. The van der Waals surface area contributed by atoms with Crippen molar-refractivity contribution >= 4 is 13.8 Å². The third-order valence-corrected chi connectivity index (χ3v) is 2.25. The van der Waals surface area contributed by atoms with Gasteiger partial charge < -0.3 is 9.30 Å². The number of rotatable bonds is 3. The van der Waals surface area contributed by atoms with Gasteiger partial charge in [-0.25, -0.2) is 9.18 Å². The molecule has 0 aromatic heterocycles. The van der Waals surface area contributed by atoms with Gasteiger partial charge in [-0.05, 0) is 13.6 Å². The molecule has 3 nitrogen and oxygen atoms in total. The quantitative estimate of drug-likeness (QED) is 0.467. The molecule has 0 aromatic carbocycles. The smallest absolute Gasteiger partial charge is 0.338 e. The first-order valence-corrected chi connectivity index (χ1v) is 4.82. The number of carbonyl (C=O) groups is 1. The van der Waals surface area contributed by atoms with Crippen molar-refractivity contribution in [1.29, 1.82) is 0 Å². The maximum Gasteiger partial charge on any atom is 0.338 e. The lowest BCUT2D eigenvalue weighted by Gasteiger charge is -2.07. The Bertz CT molecular complexity index is 148. The molecule has 0 amide bonds. The van der Waals surface area contributed by atoms with E-state index in [-0.39, 0.29) is 0 Å². The van der Waals surface area contributed by atoms with Gasteiger partial charge in [0, 0.05) is 0 Å². The van der Waals surface area contributed by atoms with Crippen molar-refractivity contribution in [1.82, 2.24) is 0 Å². The average molecular weight is 168 g/mol. The second-order valence-corrected chi connectivity index (χ2v) is 3.91. The fraction of sp³-hybridized carbons (Fsp3) is 0.800. The van der Waals surface area contributed by atoms with E-state index in [4.69, 9.17) is 0 Å². The van der Waals surface area contributed by atoms with Crippen LogP contribution in [0, 0.1) is 0 Å². The molecule has 0 aliphatic rings. The Morgan fingerprint density at radius 3 is 2.60 bits per heavy atom. The van der Waals surface area contributed by atoms with Gasteiger partial charge in [-0.2, -0.15) is 0 Å². The minimum Gasteiger partial charge on any atom is -0.453 e. The molecule has 2 unspecified atom stereocenters. The van der Waals surface area contributed by atoms with Gasteiger partial charge in [0.15, 0.2) is 6.67 Å². The highest BCUT2D eigenvalue weighted by Crippen LogP contribution is 2.22. The second kappa shape index (κ2) is 4.45. The minimum atomic E-state index is -1.88. The Balaban J connectivity index is 3.68.